The SMILES string of the molecule is CCC(CC#N)Oc1ccc(N2CCNCC2)cc1. The van der Waals surface area contributed by atoms with Gasteiger partial charge < -0.3 is 15.0 Å². The molecule has 0 amide bonds. The molecule has 0 radical (unpaired) electrons. The number of nitrogens with one attached hydrogen (secondary N) is 1. The van der Waals surface area contributed by atoms with E-state index in [9.17, 15) is 0 Å². The molecule has 0 aromatic heterocycles. The number of nitrogens with zero attached hydrogens (tertiary/aromatic N) is 2. The lowest BCUT2D eigenvalue weighted by Gasteiger charge is -2.29. The highest BCUT2D eigenvalue weighted by Gasteiger charge is 2.11. The molecule has 0 bridgehead atoms. The summed E-state index contributed by atoms with van der Waals surface area (Å²) in [6, 6.07) is 10.4. The quantitative estimate of drug-likeness (QED) is 0.880. The van der Waals surface area contributed by atoms with Gasteiger partial charge in [0, 0.05) is 31.9 Å². The van der Waals surface area contributed by atoms with Crippen LogP contribution in [0.25, 0.3) is 0 Å². The topological polar surface area (TPSA) is 48.3 Å². The molecule has 1 aromatic carbocycles. The largest absolute Gasteiger partial charge is 0.489 e. The van der Waals surface area contributed by atoms with Crippen LogP contribution in [0.15, 0.2) is 24.3 Å². The first-order chi connectivity index (χ1) is 9.33. The third-order valence-electron chi connectivity index (χ3n) is 3.40. The molecule has 2 rings (SSSR count). The third kappa shape index (κ3) is 3.87. The second-order valence-corrected chi connectivity index (χ2v) is 4.74. The van der Waals surface area contributed by atoms with Gasteiger partial charge >= 0.3 is 0 Å². The van der Waals surface area contributed by atoms with Crippen molar-refractivity contribution in [3.05, 3.63) is 24.3 Å². The van der Waals surface area contributed by atoms with Crippen LogP contribution in [0.2, 0.25) is 0 Å². The van der Waals surface area contributed by atoms with Gasteiger partial charge in [0.05, 0.1) is 12.5 Å². The standard InChI is InChI=1S/C15H21N3O/c1-2-14(7-8-16)19-15-5-3-13(4-6-15)18-11-9-17-10-12-18/h3-6,14,17H,2,7,9-12H2,1H3. The zero-order chi connectivity index (χ0) is 13.5. The maximum Gasteiger partial charge on any atom is 0.119 e. The highest BCUT2D eigenvalue weighted by molar-refractivity contribution is 5.49. The van der Waals surface area contributed by atoms with Crippen molar-refractivity contribution in [3.63, 3.8) is 0 Å². The van der Waals surface area contributed by atoms with E-state index >= 15 is 0 Å². The summed E-state index contributed by atoms with van der Waals surface area (Å²) in [5.74, 6) is 0.848. The Morgan fingerprint density at radius 2 is 2.00 bits per heavy atom. The van der Waals surface area contributed by atoms with Gasteiger partial charge in [-0.1, -0.05) is 6.92 Å². The summed E-state index contributed by atoms with van der Waals surface area (Å²) < 4.78 is 5.79. The van der Waals surface area contributed by atoms with Gasteiger partial charge in [-0.2, -0.15) is 5.26 Å². The van der Waals surface area contributed by atoms with Crippen LogP contribution in [0.4, 0.5) is 5.69 Å². The molecule has 1 aliphatic heterocycles. The second-order valence-electron chi connectivity index (χ2n) is 4.74. The lowest BCUT2D eigenvalue weighted by molar-refractivity contribution is 0.202. The molecule has 102 valence electrons. The van der Waals surface area contributed by atoms with Crippen molar-refractivity contribution in [2.45, 2.75) is 25.9 Å². The summed E-state index contributed by atoms with van der Waals surface area (Å²) in [6.45, 7) is 6.21. The maximum atomic E-state index is 8.72. The molecule has 1 saturated heterocycles. The summed E-state index contributed by atoms with van der Waals surface area (Å²) in [5, 5.41) is 12.1. The molecule has 4 nitrogen and oxygen atoms in total. The number of hydrogen-bond donors (Lipinski definition) is 1. The molecule has 19 heavy (non-hydrogen) atoms. The Hall–Kier alpha value is -1.73. The predicted octanol–water partition coefficient (Wildman–Crippen LogP) is 2.17. The van der Waals surface area contributed by atoms with E-state index in [1.165, 1.54) is 5.69 Å². The predicted molar refractivity (Wildman–Crippen MR) is 76.5 cm³/mol. The molecule has 1 aromatic rings. The van der Waals surface area contributed by atoms with Gasteiger partial charge in [-0.3, -0.25) is 0 Å². The van der Waals surface area contributed by atoms with Crippen molar-refractivity contribution in [3.8, 4) is 11.8 Å². The van der Waals surface area contributed by atoms with Crippen LogP contribution >= 0.6 is 0 Å². The summed E-state index contributed by atoms with van der Waals surface area (Å²) in [4.78, 5) is 2.37. The summed E-state index contributed by atoms with van der Waals surface area (Å²) in [6.07, 6.45) is 1.29. The van der Waals surface area contributed by atoms with E-state index in [0.717, 1.165) is 38.3 Å². The molecule has 1 unspecified atom stereocenters. The van der Waals surface area contributed by atoms with Crippen molar-refractivity contribution in [1.29, 1.82) is 5.26 Å². The molecule has 1 aliphatic rings. The van der Waals surface area contributed by atoms with E-state index in [2.05, 4.69) is 28.4 Å². The molecular formula is C15H21N3O. The fourth-order valence-electron chi connectivity index (χ4n) is 2.22. The van der Waals surface area contributed by atoms with Crippen molar-refractivity contribution in [2.24, 2.45) is 0 Å². The van der Waals surface area contributed by atoms with E-state index in [0.29, 0.717) is 6.42 Å². The molecule has 0 spiro atoms. The molecule has 4 heteroatoms. The van der Waals surface area contributed by atoms with E-state index < -0.39 is 0 Å². The Kier molecular flexibility index (Phi) is 5.05. The number of benzene rings is 1. The number of anilines is 1. The van der Waals surface area contributed by atoms with E-state index in [1.54, 1.807) is 0 Å². The van der Waals surface area contributed by atoms with Crippen LogP contribution < -0.4 is 15.0 Å². The van der Waals surface area contributed by atoms with Crippen LogP contribution in [-0.2, 0) is 0 Å². The number of rotatable bonds is 5. The molecule has 0 aliphatic carbocycles. The average Bonchev–Trinajstić information content (AvgIpc) is 2.48. The Labute approximate surface area is 115 Å². The van der Waals surface area contributed by atoms with Gasteiger partial charge in [0.2, 0.25) is 0 Å². The number of hydrogen-bond acceptors (Lipinski definition) is 4. The zero-order valence-corrected chi connectivity index (χ0v) is 11.4. The highest BCUT2D eigenvalue weighted by atomic mass is 16.5. The van der Waals surface area contributed by atoms with E-state index in [4.69, 9.17) is 10.00 Å². The molecule has 1 N–H and O–H groups in total. The van der Waals surface area contributed by atoms with E-state index in [-0.39, 0.29) is 6.10 Å². The van der Waals surface area contributed by atoms with Crippen molar-refractivity contribution in [1.82, 2.24) is 5.32 Å². The summed E-state index contributed by atoms with van der Waals surface area (Å²) in [5.41, 5.74) is 1.24. The maximum absolute atomic E-state index is 8.72. The van der Waals surface area contributed by atoms with Crippen molar-refractivity contribution >= 4 is 5.69 Å². The minimum atomic E-state index is -0.00460. The van der Waals surface area contributed by atoms with Crippen LogP contribution in [-0.4, -0.2) is 32.3 Å². The van der Waals surface area contributed by atoms with Gasteiger partial charge in [-0.25, -0.2) is 0 Å². The molecule has 0 saturated carbocycles. The first-order valence-corrected chi connectivity index (χ1v) is 6.93. The lowest BCUT2D eigenvalue weighted by atomic mass is 10.2. The first-order valence-electron chi connectivity index (χ1n) is 6.93. The first kappa shape index (κ1) is 13.7. The van der Waals surface area contributed by atoms with Gasteiger partial charge in [-0.05, 0) is 30.7 Å². The smallest absolute Gasteiger partial charge is 0.119 e. The molecule has 1 heterocycles. The monoisotopic (exact) mass is 259 g/mol. The summed E-state index contributed by atoms with van der Waals surface area (Å²) >= 11 is 0. The minimum Gasteiger partial charge on any atom is -0.489 e. The van der Waals surface area contributed by atoms with Crippen LogP contribution in [0, 0.1) is 11.3 Å². The number of nitriles is 1. The fourth-order valence-corrected chi connectivity index (χ4v) is 2.22. The van der Waals surface area contributed by atoms with Crippen molar-refractivity contribution < 1.29 is 4.74 Å². The summed E-state index contributed by atoms with van der Waals surface area (Å²) in [7, 11) is 0. The Morgan fingerprint density at radius 1 is 1.32 bits per heavy atom. The van der Waals surface area contributed by atoms with Gasteiger partial charge in [-0.15, -0.1) is 0 Å². The Bertz CT molecular complexity index is 418. The third-order valence-corrected chi connectivity index (χ3v) is 3.40. The zero-order valence-electron chi connectivity index (χ0n) is 11.4. The van der Waals surface area contributed by atoms with Gasteiger partial charge in [0.1, 0.15) is 11.9 Å². The van der Waals surface area contributed by atoms with Crippen LogP contribution in [0.1, 0.15) is 19.8 Å². The Morgan fingerprint density at radius 3 is 2.58 bits per heavy atom. The minimum absolute atomic E-state index is 0.00460. The second kappa shape index (κ2) is 7.01. The molecule has 1 fully saturated rings. The lowest BCUT2D eigenvalue weighted by Crippen LogP contribution is -2.43. The van der Waals surface area contributed by atoms with Crippen LogP contribution in [0.3, 0.4) is 0 Å². The highest BCUT2D eigenvalue weighted by Crippen LogP contribution is 2.21. The van der Waals surface area contributed by atoms with E-state index in [1.807, 2.05) is 19.1 Å². The molecule has 1 atom stereocenters. The Balaban J connectivity index is 1.95. The number of piperazine rings is 1. The van der Waals surface area contributed by atoms with Gasteiger partial charge in [0.15, 0.2) is 0 Å². The average molecular weight is 259 g/mol. The molecular weight excluding hydrogens is 238 g/mol. The van der Waals surface area contributed by atoms with Crippen LogP contribution in [0.5, 0.6) is 5.75 Å². The number of ether oxygens (including phenoxy) is 1. The normalized spacial score (nSPS) is 16.7. The van der Waals surface area contributed by atoms with Gasteiger partial charge in [0.25, 0.3) is 0 Å². The fraction of sp³-hybridized carbons (Fsp3) is 0.533. The van der Waals surface area contributed by atoms with Crippen molar-refractivity contribution in [2.75, 3.05) is 31.1 Å².